The van der Waals surface area contributed by atoms with Crippen LogP contribution >= 0.6 is 0 Å². The fourth-order valence-electron chi connectivity index (χ4n) is 3.59. The van der Waals surface area contributed by atoms with Gasteiger partial charge in [-0.25, -0.2) is 4.39 Å². The number of aliphatic hydroxyl groups is 1. The van der Waals surface area contributed by atoms with Crippen molar-refractivity contribution in [3.05, 3.63) is 41.2 Å². The summed E-state index contributed by atoms with van der Waals surface area (Å²) in [6.07, 6.45) is 7.19. The average Bonchev–Trinajstić information content (AvgIpc) is 2.84. The van der Waals surface area contributed by atoms with E-state index < -0.39 is 12.1 Å². The van der Waals surface area contributed by atoms with Gasteiger partial charge in [-0.3, -0.25) is 9.59 Å². The lowest BCUT2D eigenvalue weighted by Gasteiger charge is -2.17. The third-order valence-electron chi connectivity index (χ3n) is 5.13. The van der Waals surface area contributed by atoms with Crippen molar-refractivity contribution in [1.29, 1.82) is 0 Å². The quantitative estimate of drug-likeness (QED) is 0.648. The molecule has 0 radical (unpaired) electrons. The second kappa shape index (κ2) is 9.62. The molecule has 1 aromatic rings. The van der Waals surface area contributed by atoms with Crippen LogP contribution in [0.2, 0.25) is 0 Å². The van der Waals surface area contributed by atoms with E-state index in [9.17, 15) is 19.1 Å². The number of carbonyl (C=O) groups is 2. The second-order valence-corrected chi connectivity index (χ2v) is 7.13. The SMILES string of the molecule is Cc1ccc(F)cc1C=C[C@@H]1[C@H](O)CC(=O)[C@H]1CCCCCCC(=O)O. The zero-order valence-corrected chi connectivity index (χ0v) is 15.2. The van der Waals surface area contributed by atoms with E-state index in [1.54, 1.807) is 12.1 Å². The molecule has 0 saturated heterocycles. The van der Waals surface area contributed by atoms with Crippen molar-refractivity contribution in [1.82, 2.24) is 0 Å². The third-order valence-corrected chi connectivity index (χ3v) is 5.13. The van der Waals surface area contributed by atoms with E-state index in [1.807, 2.05) is 13.0 Å². The highest BCUT2D eigenvalue weighted by atomic mass is 19.1. The number of carbonyl (C=O) groups excluding carboxylic acids is 1. The molecule has 3 atom stereocenters. The molecular formula is C21H27FO4. The number of carboxylic acids is 1. The molecule has 0 aromatic heterocycles. The standard InChI is InChI=1S/C21H27FO4/c1-14-8-10-16(22)12-15(14)9-11-18-17(19(23)13-20(18)24)6-4-2-3-5-7-21(25)26/h8-12,17-18,20,24H,2-7,13H2,1H3,(H,25,26)/t17-,18-,20+/m0/s1. The molecule has 0 amide bonds. The minimum absolute atomic E-state index is 0.0775. The lowest BCUT2D eigenvalue weighted by Crippen LogP contribution is -2.18. The number of aliphatic carboxylic acids is 1. The van der Waals surface area contributed by atoms with Gasteiger partial charge in [-0.15, -0.1) is 0 Å². The van der Waals surface area contributed by atoms with Crippen LogP contribution < -0.4 is 0 Å². The second-order valence-electron chi connectivity index (χ2n) is 7.13. The Morgan fingerprint density at radius 3 is 2.73 bits per heavy atom. The van der Waals surface area contributed by atoms with Crippen LogP contribution in [-0.4, -0.2) is 28.1 Å². The Kier molecular flexibility index (Phi) is 7.51. The van der Waals surface area contributed by atoms with Crippen LogP contribution in [0.3, 0.4) is 0 Å². The molecule has 4 nitrogen and oxygen atoms in total. The Hall–Kier alpha value is -2.01. The third kappa shape index (κ3) is 5.77. The highest BCUT2D eigenvalue weighted by Crippen LogP contribution is 2.35. The summed E-state index contributed by atoms with van der Waals surface area (Å²) in [6, 6.07) is 4.57. The summed E-state index contributed by atoms with van der Waals surface area (Å²) in [4.78, 5) is 22.7. The zero-order chi connectivity index (χ0) is 19.1. The lowest BCUT2D eigenvalue weighted by atomic mass is 9.88. The number of unbranched alkanes of at least 4 members (excludes halogenated alkanes) is 3. The topological polar surface area (TPSA) is 74.6 Å². The van der Waals surface area contributed by atoms with E-state index in [0.29, 0.717) is 12.8 Å². The molecule has 5 heteroatoms. The van der Waals surface area contributed by atoms with Gasteiger partial charge in [-0.1, -0.05) is 37.5 Å². The number of benzene rings is 1. The van der Waals surface area contributed by atoms with E-state index in [1.165, 1.54) is 12.1 Å². The van der Waals surface area contributed by atoms with E-state index in [-0.39, 0.29) is 36.3 Å². The summed E-state index contributed by atoms with van der Waals surface area (Å²) in [7, 11) is 0. The average molecular weight is 362 g/mol. The maximum atomic E-state index is 13.4. The molecule has 1 fully saturated rings. The number of Topliss-reactive ketones (excluding diaryl/α,β-unsaturated/α-hetero) is 1. The molecule has 0 spiro atoms. The van der Waals surface area contributed by atoms with Crippen molar-refractivity contribution in [3.8, 4) is 0 Å². The fraction of sp³-hybridized carbons (Fsp3) is 0.524. The largest absolute Gasteiger partial charge is 0.481 e. The first-order valence-electron chi connectivity index (χ1n) is 9.25. The van der Waals surface area contributed by atoms with Gasteiger partial charge in [0.2, 0.25) is 0 Å². The Labute approximate surface area is 153 Å². The molecule has 0 heterocycles. The fourth-order valence-corrected chi connectivity index (χ4v) is 3.59. The Morgan fingerprint density at radius 2 is 2.00 bits per heavy atom. The molecule has 142 valence electrons. The maximum absolute atomic E-state index is 13.4. The van der Waals surface area contributed by atoms with Crippen molar-refractivity contribution < 1.29 is 24.2 Å². The van der Waals surface area contributed by atoms with Gasteiger partial charge in [0.25, 0.3) is 0 Å². The summed E-state index contributed by atoms with van der Waals surface area (Å²) in [5, 5.41) is 18.8. The molecule has 1 aromatic carbocycles. The van der Waals surface area contributed by atoms with Gasteiger partial charge in [0, 0.05) is 24.7 Å². The van der Waals surface area contributed by atoms with Gasteiger partial charge in [0.05, 0.1) is 6.10 Å². The number of hydrogen-bond acceptors (Lipinski definition) is 3. The first kappa shape index (κ1) is 20.3. The van der Waals surface area contributed by atoms with Crippen molar-refractivity contribution >= 4 is 17.8 Å². The van der Waals surface area contributed by atoms with Gasteiger partial charge in [-0.2, -0.15) is 0 Å². The molecular weight excluding hydrogens is 335 g/mol. The van der Waals surface area contributed by atoms with E-state index in [0.717, 1.165) is 30.4 Å². The molecule has 1 aliphatic carbocycles. The zero-order valence-electron chi connectivity index (χ0n) is 15.2. The van der Waals surface area contributed by atoms with Gasteiger partial charge >= 0.3 is 5.97 Å². The summed E-state index contributed by atoms with van der Waals surface area (Å²) in [6.45, 7) is 1.89. The molecule has 1 aliphatic rings. The Morgan fingerprint density at radius 1 is 1.27 bits per heavy atom. The molecule has 26 heavy (non-hydrogen) atoms. The highest BCUT2D eigenvalue weighted by Gasteiger charge is 2.39. The van der Waals surface area contributed by atoms with Crippen LogP contribution in [0.1, 0.15) is 56.1 Å². The van der Waals surface area contributed by atoms with E-state index >= 15 is 0 Å². The molecule has 0 unspecified atom stereocenters. The van der Waals surface area contributed by atoms with Crippen LogP contribution in [0.4, 0.5) is 4.39 Å². The molecule has 2 N–H and O–H groups in total. The molecule has 1 saturated carbocycles. The normalized spacial score (nSPS) is 23.0. The molecule has 0 bridgehead atoms. The maximum Gasteiger partial charge on any atom is 0.303 e. The monoisotopic (exact) mass is 362 g/mol. The predicted molar refractivity (Wildman–Crippen MR) is 98.1 cm³/mol. The van der Waals surface area contributed by atoms with Crippen LogP contribution in [0, 0.1) is 24.6 Å². The number of aliphatic hydroxyl groups excluding tert-OH is 1. The lowest BCUT2D eigenvalue weighted by molar-refractivity contribution is -0.137. The summed E-state index contributed by atoms with van der Waals surface area (Å²) in [5.41, 5.74) is 1.69. The molecule has 2 rings (SSSR count). The number of ketones is 1. The van der Waals surface area contributed by atoms with Gasteiger partial charge in [0.1, 0.15) is 11.6 Å². The molecule has 0 aliphatic heterocycles. The van der Waals surface area contributed by atoms with Crippen molar-refractivity contribution in [2.75, 3.05) is 0 Å². The number of hydrogen-bond donors (Lipinski definition) is 2. The van der Waals surface area contributed by atoms with Gasteiger partial charge < -0.3 is 10.2 Å². The Balaban J connectivity index is 1.92. The van der Waals surface area contributed by atoms with Crippen molar-refractivity contribution in [3.63, 3.8) is 0 Å². The highest BCUT2D eigenvalue weighted by molar-refractivity contribution is 5.85. The van der Waals surface area contributed by atoms with E-state index in [2.05, 4.69) is 0 Å². The summed E-state index contributed by atoms with van der Waals surface area (Å²) in [5.74, 6) is -1.47. The minimum Gasteiger partial charge on any atom is -0.481 e. The van der Waals surface area contributed by atoms with Crippen LogP contribution in [-0.2, 0) is 9.59 Å². The summed E-state index contributed by atoms with van der Waals surface area (Å²) < 4.78 is 13.4. The Bertz CT molecular complexity index is 668. The smallest absolute Gasteiger partial charge is 0.303 e. The predicted octanol–water partition coefficient (Wildman–Crippen LogP) is 4.14. The van der Waals surface area contributed by atoms with Gasteiger partial charge in [-0.05, 0) is 43.0 Å². The van der Waals surface area contributed by atoms with Crippen molar-refractivity contribution in [2.45, 2.75) is 58.0 Å². The van der Waals surface area contributed by atoms with Crippen LogP contribution in [0.5, 0.6) is 0 Å². The number of aryl methyl sites for hydroxylation is 1. The van der Waals surface area contributed by atoms with E-state index in [4.69, 9.17) is 5.11 Å². The first-order valence-corrected chi connectivity index (χ1v) is 9.25. The van der Waals surface area contributed by atoms with Crippen LogP contribution in [0.15, 0.2) is 24.3 Å². The number of carboxylic acid groups (broad SMARTS) is 1. The number of halogens is 1. The van der Waals surface area contributed by atoms with Crippen molar-refractivity contribution in [2.24, 2.45) is 11.8 Å². The number of rotatable bonds is 9. The first-order chi connectivity index (χ1) is 12.4. The minimum atomic E-state index is -0.781. The van der Waals surface area contributed by atoms with Gasteiger partial charge in [0.15, 0.2) is 0 Å². The van der Waals surface area contributed by atoms with Crippen LogP contribution in [0.25, 0.3) is 6.08 Å². The summed E-state index contributed by atoms with van der Waals surface area (Å²) >= 11 is 0.